The minimum absolute atomic E-state index is 0.0747. The SMILES string of the molecule is COC(=O)NCC(=O)OC1CC2CCC1C2. The summed E-state index contributed by atoms with van der Waals surface area (Å²) in [6, 6.07) is 0. The summed E-state index contributed by atoms with van der Waals surface area (Å²) in [5, 5.41) is 2.31. The zero-order valence-electron chi connectivity index (χ0n) is 9.40. The van der Waals surface area contributed by atoms with Crippen LogP contribution in [-0.2, 0) is 14.3 Å². The number of hydrogen-bond acceptors (Lipinski definition) is 4. The average Bonchev–Trinajstić information content (AvgIpc) is 2.87. The van der Waals surface area contributed by atoms with Gasteiger partial charge >= 0.3 is 12.1 Å². The van der Waals surface area contributed by atoms with E-state index in [1.807, 2.05) is 0 Å². The number of carbonyl (C=O) groups is 2. The molecule has 5 heteroatoms. The lowest BCUT2D eigenvalue weighted by molar-refractivity contribution is -0.150. The van der Waals surface area contributed by atoms with Gasteiger partial charge in [0.2, 0.25) is 0 Å². The average molecular weight is 227 g/mol. The molecule has 1 N–H and O–H groups in total. The number of carbonyl (C=O) groups excluding carboxylic acids is 2. The predicted octanol–water partition coefficient (Wildman–Crippen LogP) is 1.07. The molecule has 2 rings (SSSR count). The quantitative estimate of drug-likeness (QED) is 0.732. The third-order valence-corrected chi connectivity index (χ3v) is 3.52. The Morgan fingerprint density at radius 3 is 2.69 bits per heavy atom. The van der Waals surface area contributed by atoms with Gasteiger partial charge in [0.15, 0.2) is 0 Å². The Hall–Kier alpha value is -1.26. The highest BCUT2D eigenvalue weighted by Crippen LogP contribution is 2.45. The second-order valence-electron chi connectivity index (χ2n) is 4.55. The van der Waals surface area contributed by atoms with E-state index in [1.54, 1.807) is 0 Å². The number of alkyl carbamates (subject to hydrolysis) is 1. The van der Waals surface area contributed by atoms with Crippen molar-refractivity contribution in [1.29, 1.82) is 0 Å². The van der Waals surface area contributed by atoms with Crippen LogP contribution in [0.5, 0.6) is 0 Å². The molecule has 0 aromatic rings. The number of ether oxygens (including phenoxy) is 2. The van der Waals surface area contributed by atoms with E-state index in [9.17, 15) is 9.59 Å². The maximum atomic E-state index is 11.4. The summed E-state index contributed by atoms with van der Waals surface area (Å²) in [6.07, 6.45) is 4.11. The topological polar surface area (TPSA) is 64.6 Å². The number of nitrogens with one attached hydrogen (secondary N) is 1. The van der Waals surface area contributed by atoms with Crippen molar-refractivity contribution in [1.82, 2.24) is 5.32 Å². The Kier molecular flexibility index (Phi) is 3.31. The Morgan fingerprint density at radius 2 is 2.12 bits per heavy atom. The molecule has 3 unspecified atom stereocenters. The molecule has 2 bridgehead atoms. The van der Waals surface area contributed by atoms with Gasteiger partial charge in [0, 0.05) is 0 Å². The van der Waals surface area contributed by atoms with Crippen LogP contribution in [0.2, 0.25) is 0 Å². The maximum absolute atomic E-state index is 11.4. The highest BCUT2D eigenvalue weighted by atomic mass is 16.6. The fourth-order valence-electron chi connectivity index (χ4n) is 2.76. The van der Waals surface area contributed by atoms with Crippen molar-refractivity contribution in [3.8, 4) is 0 Å². The summed E-state index contributed by atoms with van der Waals surface area (Å²) in [6.45, 7) is -0.111. The van der Waals surface area contributed by atoms with E-state index < -0.39 is 6.09 Å². The first kappa shape index (κ1) is 11.2. The van der Waals surface area contributed by atoms with Crippen LogP contribution in [0.3, 0.4) is 0 Å². The molecule has 0 aromatic heterocycles. The van der Waals surface area contributed by atoms with E-state index in [-0.39, 0.29) is 18.6 Å². The maximum Gasteiger partial charge on any atom is 0.407 e. The van der Waals surface area contributed by atoms with Crippen LogP contribution in [0.15, 0.2) is 0 Å². The minimum atomic E-state index is -0.607. The van der Waals surface area contributed by atoms with E-state index >= 15 is 0 Å². The molecule has 0 heterocycles. The van der Waals surface area contributed by atoms with Gasteiger partial charge in [0.1, 0.15) is 12.6 Å². The molecule has 0 spiro atoms. The third-order valence-electron chi connectivity index (χ3n) is 3.52. The Balaban J connectivity index is 1.69. The second-order valence-corrected chi connectivity index (χ2v) is 4.55. The van der Waals surface area contributed by atoms with Crippen LogP contribution in [0.4, 0.5) is 4.79 Å². The molecule has 1 amide bonds. The summed E-state index contributed by atoms with van der Waals surface area (Å²) in [5.41, 5.74) is 0. The van der Waals surface area contributed by atoms with Crippen molar-refractivity contribution < 1.29 is 19.1 Å². The molecule has 2 aliphatic carbocycles. The monoisotopic (exact) mass is 227 g/mol. The number of methoxy groups -OCH3 is 1. The molecule has 16 heavy (non-hydrogen) atoms. The lowest BCUT2D eigenvalue weighted by Crippen LogP contribution is -2.33. The molecule has 0 aromatic carbocycles. The smallest absolute Gasteiger partial charge is 0.407 e. The Labute approximate surface area is 94.5 Å². The van der Waals surface area contributed by atoms with Crippen LogP contribution in [0.25, 0.3) is 0 Å². The summed E-state index contributed by atoms with van der Waals surface area (Å²) in [7, 11) is 1.26. The van der Waals surface area contributed by atoms with Crippen molar-refractivity contribution in [2.45, 2.75) is 31.8 Å². The van der Waals surface area contributed by atoms with Gasteiger partial charge < -0.3 is 14.8 Å². The van der Waals surface area contributed by atoms with Gasteiger partial charge in [0.05, 0.1) is 7.11 Å². The Bertz CT molecular complexity index is 292. The third kappa shape index (κ3) is 2.46. The molecule has 2 aliphatic rings. The highest BCUT2D eigenvalue weighted by Gasteiger charge is 2.41. The number of amides is 1. The molecule has 2 saturated carbocycles. The summed E-state index contributed by atoms with van der Waals surface area (Å²) in [5.74, 6) is 0.923. The summed E-state index contributed by atoms with van der Waals surface area (Å²) in [4.78, 5) is 22.1. The fourth-order valence-corrected chi connectivity index (χ4v) is 2.76. The van der Waals surface area contributed by atoms with Gasteiger partial charge in [-0.25, -0.2) is 4.79 Å². The molecular weight excluding hydrogens is 210 g/mol. The number of fused-ring (bicyclic) bond motifs is 2. The minimum Gasteiger partial charge on any atom is -0.461 e. The number of hydrogen-bond donors (Lipinski definition) is 1. The standard InChI is InChI=1S/C11H17NO4/c1-15-11(14)12-6-10(13)16-9-5-7-2-3-8(9)4-7/h7-9H,2-6H2,1H3,(H,12,14). The van der Waals surface area contributed by atoms with Gasteiger partial charge in [-0.2, -0.15) is 0 Å². The fraction of sp³-hybridized carbons (Fsp3) is 0.818. The van der Waals surface area contributed by atoms with Crippen LogP contribution in [0.1, 0.15) is 25.7 Å². The van der Waals surface area contributed by atoms with Crippen LogP contribution >= 0.6 is 0 Å². The first-order valence-electron chi connectivity index (χ1n) is 5.70. The van der Waals surface area contributed by atoms with E-state index in [0.717, 1.165) is 12.3 Å². The van der Waals surface area contributed by atoms with Gasteiger partial charge in [0.25, 0.3) is 0 Å². The lowest BCUT2D eigenvalue weighted by atomic mass is 9.98. The van der Waals surface area contributed by atoms with E-state index in [0.29, 0.717) is 5.92 Å². The second kappa shape index (κ2) is 4.72. The van der Waals surface area contributed by atoms with Crippen molar-refractivity contribution in [3.63, 3.8) is 0 Å². The number of rotatable bonds is 3. The zero-order chi connectivity index (χ0) is 11.5. The van der Waals surface area contributed by atoms with Crippen molar-refractivity contribution in [2.24, 2.45) is 11.8 Å². The molecule has 0 radical (unpaired) electrons. The molecule has 0 aliphatic heterocycles. The van der Waals surface area contributed by atoms with Crippen molar-refractivity contribution in [3.05, 3.63) is 0 Å². The van der Waals surface area contributed by atoms with Crippen LogP contribution in [0, 0.1) is 11.8 Å². The van der Waals surface area contributed by atoms with Gasteiger partial charge in [-0.1, -0.05) is 0 Å². The first-order valence-corrected chi connectivity index (χ1v) is 5.70. The number of esters is 1. The zero-order valence-corrected chi connectivity index (χ0v) is 9.40. The molecule has 90 valence electrons. The van der Waals surface area contributed by atoms with Crippen molar-refractivity contribution >= 4 is 12.1 Å². The van der Waals surface area contributed by atoms with E-state index in [1.165, 1.54) is 26.4 Å². The molecule has 3 atom stereocenters. The van der Waals surface area contributed by atoms with Crippen LogP contribution in [-0.4, -0.2) is 31.8 Å². The van der Waals surface area contributed by atoms with Crippen LogP contribution < -0.4 is 5.32 Å². The molecule has 5 nitrogen and oxygen atoms in total. The molecular formula is C11H17NO4. The lowest BCUT2D eigenvalue weighted by Gasteiger charge is -2.21. The van der Waals surface area contributed by atoms with Gasteiger partial charge in [-0.3, -0.25) is 4.79 Å². The summed E-state index contributed by atoms with van der Waals surface area (Å²) >= 11 is 0. The van der Waals surface area contributed by atoms with E-state index in [2.05, 4.69) is 10.1 Å². The predicted molar refractivity (Wildman–Crippen MR) is 55.7 cm³/mol. The largest absolute Gasteiger partial charge is 0.461 e. The molecule has 0 saturated heterocycles. The van der Waals surface area contributed by atoms with Crippen molar-refractivity contribution in [2.75, 3.05) is 13.7 Å². The highest BCUT2D eigenvalue weighted by molar-refractivity contribution is 5.77. The summed E-state index contributed by atoms with van der Waals surface area (Å²) < 4.78 is 9.69. The van der Waals surface area contributed by atoms with Gasteiger partial charge in [-0.05, 0) is 37.5 Å². The first-order chi connectivity index (χ1) is 7.69. The molecule has 2 fully saturated rings. The Morgan fingerprint density at radius 1 is 1.31 bits per heavy atom. The van der Waals surface area contributed by atoms with Gasteiger partial charge in [-0.15, -0.1) is 0 Å². The van der Waals surface area contributed by atoms with E-state index in [4.69, 9.17) is 4.74 Å². The normalized spacial score (nSPS) is 31.2.